The van der Waals surface area contributed by atoms with E-state index in [9.17, 15) is 4.79 Å². The molecule has 94 valence electrons. The number of nitrogens with zero attached hydrogens (tertiary/aromatic N) is 2. The summed E-state index contributed by atoms with van der Waals surface area (Å²) in [6.07, 6.45) is 1.61. The average molecular weight is 262 g/mol. The van der Waals surface area contributed by atoms with E-state index in [-0.39, 0.29) is 5.91 Å². The number of thiophene rings is 1. The van der Waals surface area contributed by atoms with E-state index in [0.717, 1.165) is 10.6 Å². The molecule has 2 aromatic rings. The molecule has 0 saturated heterocycles. The van der Waals surface area contributed by atoms with E-state index in [4.69, 9.17) is 0 Å². The molecule has 2 rings (SSSR count). The average Bonchev–Trinajstić information content (AvgIpc) is 2.99. The van der Waals surface area contributed by atoms with Crippen molar-refractivity contribution in [3.63, 3.8) is 0 Å². The molecular weight excluding hydrogens is 248 g/mol. The van der Waals surface area contributed by atoms with Gasteiger partial charge in [0.1, 0.15) is 0 Å². The number of aromatic amines is 1. The third-order valence-corrected chi connectivity index (χ3v) is 3.16. The fourth-order valence-electron chi connectivity index (χ4n) is 1.33. The number of rotatable bonds is 4. The monoisotopic (exact) mass is 262 g/mol. The van der Waals surface area contributed by atoms with Crippen molar-refractivity contribution in [1.29, 1.82) is 0 Å². The second-order valence-corrected chi connectivity index (χ2v) is 5.06. The molecule has 2 N–H and O–H groups in total. The number of aromatic nitrogens is 2. The summed E-state index contributed by atoms with van der Waals surface area (Å²) >= 11 is 1.56. The number of carbonyl (C=O) groups is 1. The second-order valence-electron chi connectivity index (χ2n) is 4.08. The number of carbonyl (C=O) groups excluding carboxylic acids is 1. The van der Waals surface area contributed by atoms with E-state index >= 15 is 0 Å². The second kappa shape index (κ2) is 5.59. The summed E-state index contributed by atoms with van der Waals surface area (Å²) < 4.78 is 0. The van der Waals surface area contributed by atoms with Gasteiger partial charge in [-0.25, -0.2) is 5.43 Å². The summed E-state index contributed by atoms with van der Waals surface area (Å²) in [6.45, 7) is 4.06. The van der Waals surface area contributed by atoms with Gasteiger partial charge in [0.05, 0.1) is 6.21 Å². The Morgan fingerprint density at radius 2 is 2.44 bits per heavy atom. The van der Waals surface area contributed by atoms with E-state index < -0.39 is 0 Å². The van der Waals surface area contributed by atoms with Crippen molar-refractivity contribution >= 4 is 23.5 Å². The van der Waals surface area contributed by atoms with Gasteiger partial charge < -0.3 is 0 Å². The Balaban J connectivity index is 1.95. The van der Waals surface area contributed by atoms with E-state index in [0.29, 0.717) is 11.6 Å². The molecule has 0 aliphatic carbocycles. The maximum Gasteiger partial charge on any atom is 0.291 e. The quantitative estimate of drug-likeness (QED) is 0.656. The standard InChI is InChI=1S/C12H14N4OS/c1-8(2)10-6-11(15-14-10)12(17)16-13-7-9-4-3-5-18-9/h3-8H,1-2H3,(H,14,15)(H,16,17)/b13-7-. The van der Waals surface area contributed by atoms with Crippen LogP contribution in [0.1, 0.15) is 40.8 Å². The molecule has 2 aromatic heterocycles. The van der Waals surface area contributed by atoms with Crippen LogP contribution in [0.15, 0.2) is 28.7 Å². The molecule has 0 atom stereocenters. The highest BCUT2D eigenvalue weighted by Crippen LogP contribution is 2.11. The van der Waals surface area contributed by atoms with E-state index in [2.05, 4.69) is 20.7 Å². The van der Waals surface area contributed by atoms with Crippen molar-refractivity contribution in [3.05, 3.63) is 39.8 Å². The zero-order valence-electron chi connectivity index (χ0n) is 10.2. The van der Waals surface area contributed by atoms with Gasteiger partial charge in [0.15, 0.2) is 5.69 Å². The topological polar surface area (TPSA) is 70.1 Å². The first kappa shape index (κ1) is 12.5. The highest BCUT2D eigenvalue weighted by molar-refractivity contribution is 7.11. The number of hydrazone groups is 1. The Labute approximate surface area is 109 Å². The normalized spacial score (nSPS) is 11.3. The molecule has 0 radical (unpaired) electrons. The number of nitrogens with one attached hydrogen (secondary N) is 2. The minimum atomic E-state index is -0.314. The largest absolute Gasteiger partial charge is 0.291 e. The lowest BCUT2D eigenvalue weighted by Crippen LogP contribution is -2.17. The molecule has 0 aliphatic rings. The van der Waals surface area contributed by atoms with Gasteiger partial charge in [-0.2, -0.15) is 10.2 Å². The SMILES string of the molecule is CC(C)c1cc(C(=O)N/N=C\c2cccs2)n[nH]1. The van der Waals surface area contributed by atoms with Crippen molar-refractivity contribution in [2.45, 2.75) is 19.8 Å². The van der Waals surface area contributed by atoms with Gasteiger partial charge in [-0.3, -0.25) is 9.89 Å². The molecule has 0 saturated carbocycles. The number of hydrogen-bond acceptors (Lipinski definition) is 4. The smallest absolute Gasteiger partial charge is 0.282 e. The molecule has 0 spiro atoms. The molecule has 0 fully saturated rings. The molecule has 0 aromatic carbocycles. The Hall–Kier alpha value is -1.95. The molecule has 0 bridgehead atoms. The number of hydrogen-bond donors (Lipinski definition) is 2. The first-order chi connectivity index (χ1) is 8.66. The van der Waals surface area contributed by atoms with Crippen LogP contribution >= 0.6 is 11.3 Å². The van der Waals surface area contributed by atoms with Crippen molar-refractivity contribution < 1.29 is 4.79 Å². The van der Waals surface area contributed by atoms with Gasteiger partial charge in [0, 0.05) is 10.6 Å². The lowest BCUT2D eigenvalue weighted by molar-refractivity contribution is 0.0950. The van der Waals surface area contributed by atoms with Crippen LogP contribution in [0.3, 0.4) is 0 Å². The van der Waals surface area contributed by atoms with Crippen LogP contribution in [0, 0.1) is 0 Å². The van der Waals surface area contributed by atoms with Crippen LogP contribution in [0.4, 0.5) is 0 Å². The van der Waals surface area contributed by atoms with Gasteiger partial charge in [-0.15, -0.1) is 11.3 Å². The van der Waals surface area contributed by atoms with Gasteiger partial charge in [0.2, 0.25) is 0 Å². The number of H-pyrrole nitrogens is 1. The predicted molar refractivity (Wildman–Crippen MR) is 72.1 cm³/mol. The van der Waals surface area contributed by atoms with Crippen molar-refractivity contribution in [2.75, 3.05) is 0 Å². The summed E-state index contributed by atoms with van der Waals surface area (Å²) in [5.41, 5.74) is 3.73. The van der Waals surface area contributed by atoms with Crippen molar-refractivity contribution in [1.82, 2.24) is 15.6 Å². The molecule has 0 aliphatic heterocycles. The summed E-state index contributed by atoms with van der Waals surface area (Å²) in [7, 11) is 0. The van der Waals surface area contributed by atoms with Crippen LogP contribution in [0.5, 0.6) is 0 Å². The first-order valence-electron chi connectivity index (χ1n) is 5.59. The van der Waals surface area contributed by atoms with E-state index in [1.807, 2.05) is 31.4 Å². The van der Waals surface area contributed by atoms with Gasteiger partial charge in [-0.05, 0) is 23.4 Å². The van der Waals surface area contributed by atoms with E-state index in [1.54, 1.807) is 23.6 Å². The summed E-state index contributed by atoms with van der Waals surface area (Å²) in [5.74, 6) is -0.000346. The van der Waals surface area contributed by atoms with Crippen LogP contribution in [-0.4, -0.2) is 22.3 Å². The fourth-order valence-corrected chi connectivity index (χ4v) is 1.91. The first-order valence-corrected chi connectivity index (χ1v) is 6.47. The lowest BCUT2D eigenvalue weighted by Gasteiger charge is -1.96. The summed E-state index contributed by atoms with van der Waals surface area (Å²) in [6, 6.07) is 5.59. The van der Waals surface area contributed by atoms with Gasteiger partial charge in [-0.1, -0.05) is 19.9 Å². The summed E-state index contributed by atoms with van der Waals surface area (Å²) in [5, 5.41) is 12.6. The highest BCUT2D eigenvalue weighted by atomic mass is 32.1. The Kier molecular flexibility index (Phi) is 3.88. The maximum absolute atomic E-state index is 11.7. The molecule has 0 unspecified atom stereocenters. The molecule has 18 heavy (non-hydrogen) atoms. The minimum absolute atomic E-state index is 0.314. The zero-order valence-corrected chi connectivity index (χ0v) is 11.0. The van der Waals surface area contributed by atoms with Gasteiger partial charge in [0.25, 0.3) is 5.91 Å². The third-order valence-electron chi connectivity index (χ3n) is 2.35. The lowest BCUT2D eigenvalue weighted by atomic mass is 10.1. The van der Waals surface area contributed by atoms with Gasteiger partial charge >= 0.3 is 0 Å². The Morgan fingerprint density at radius 1 is 1.61 bits per heavy atom. The third kappa shape index (κ3) is 3.04. The van der Waals surface area contributed by atoms with Crippen LogP contribution < -0.4 is 5.43 Å². The molecule has 5 nitrogen and oxygen atoms in total. The predicted octanol–water partition coefficient (Wildman–Crippen LogP) is 2.36. The summed E-state index contributed by atoms with van der Waals surface area (Å²) in [4.78, 5) is 12.7. The fraction of sp³-hybridized carbons (Fsp3) is 0.250. The van der Waals surface area contributed by atoms with Crippen LogP contribution in [0.2, 0.25) is 0 Å². The van der Waals surface area contributed by atoms with Crippen molar-refractivity contribution in [3.8, 4) is 0 Å². The van der Waals surface area contributed by atoms with Crippen LogP contribution in [-0.2, 0) is 0 Å². The maximum atomic E-state index is 11.7. The Bertz CT molecular complexity index is 542. The minimum Gasteiger partial charge on any atom is -0.282 e. The van der Waals surface area contributed by atoms with Crippen LogP contribution in [0.25, 0.3) is 0 Å². The molecule has 2 heterocycles. The molecule has 6 heteroatoms. The molecular formula is C12H14N4OS. The molecule has 1 amide bonds. The number of amides is 1. The van der Waals surface area contributed by atoms with Crippen molar-refractivity contribution in [2.24, 2.45) is 5.10 Å². The van der Waals surface area contributed by atoms with E-state index in [1.165, 1.54) is 0 Å². The highest BCUT2D eigenvalue weighted by Gasteiger charge is 2.10. The zero-order chi connectivity index (χ0) is 13.0. The Morgan fingerprint density at radius 3 is 3.06 bits per heavy atom.